The molecule has 0 bridgehead atoms. The number of hydrogen-bond donors (Lipinski definition) is 1. The number of aromatic nitrogens is 2. The van der Waals surface area contributed by atoms with Gasteiger partial charge < -0.3 is 19.2 Å². The van der Waals surface area contributed by atoms with Gasteiger partial charge in [0.1, 0.15) is 0 Å². The molecule has 6 nitrogen and oxygen atoms in total. The fraction of sp³-hybridized carbons (Fsp3) is 0.300. The molecular weight excluding hydrogens is 330 g/mol. The molecule has 0 aliphatic heterocycles. The number of nitrogens with one attached hydrogen (secondary N) is 1. The lowest BCUT2D eigenvalue weighted by atomic mass is 10.1. The number of nitrogens with zero attached hydrogens (tertiary/aromatic N) is 2. The minimum atomic E-state index is 0.534. The summed E-state index contributed by atoms with van der Waals surface area (Å²) in [6.45, 7) is 3.35. The fourth-order valence-electron chi connectivity index (χ4n) is 2.71. The van der Waals surface area contributed by atoms with Gasteiger partial charge in [0.05, 0.1) is 20.8 Å². The molecule has 0 spiro atoms. The van der Waals surface area contributed by atoms with Gasteiger partial charge in [-0.25, -0.2) is 0 Å². The normalized spacial score (nSPS) is 10.7. The lowest BCUT2D eigenvalue weighted by molar-refractivity contribution is 0.354. The number of ether oxygens (including phenoxy) is 2. The van der Waals surface area contributed by atoms with E-state index < -0.39 is 0 Å². The Bertz CT molecular complexity index is 861. The van der Waals surface area contributed by atoms with Gasteiger partial charge in [0, 0.05) is 5.56 Å². The topological polar surface area (TPSA) is 69.4 Å². The van der Waals surface area contributed by atoms with Crippen molar-refractivity contribution in [3.05, 3.63) is 59.5 Å². The number of rotatable bonds is 8. The summed E-state index contributed by atoms with van der Waals surface area (Å²) < 4.78 is 16.3. The molecule has 0 aliphatic carbocycles. The first kappa shape index (κ1) is 17.9. The highest BCUT2D eigenvalue weighted by Crippen LogP contribution is 2.27. The molecule has 0 atom stereocenters. The van der Waals surface area contributed by atoms with Crippen LogP contribution in [0.1, 0.15) is 17.0 Å². The van der Waals surface area contributed by atoms with Gasteiger partial charge in [0.2, 0.25) is 11.8 Å². The molecule has 1 N–H and O–H groups in total. The molecule has 0 radical (unpaired) electrons. The highest BCUT2D eigenvalue weighted by atomic mass is 16.5. The van der Waals surface area contributed by atoms with Crippen molar-refractivity contribution in [1.82, 2.24) is 15.5 Å². The van der Waals surface area contributed by atoms with E-state index >= 15 is 0 Å². The Balaban J connectivity index is 1.52. The summed E-state index contributed by atoms with van der Waals surface area (Å²) in [6.07, 6.45) is 0.860. The van der Waals surface area contributed by atoms with Crippen LogP contribution in [0, 0.1) is 6.92 Å². The van der Waals surface area contributed by atoms with Gasteiger partial charge in [0.25, 0.3) is 0 Å². The molecule has 0 fully saturated rings. The lowest BCUT2D eigenvalue weighted by Gasteiger charge is -2.09. The zero-order chi connectivity index (χ0) is 18.4. The van der Waals surface area contributed by atoms with Crippen LogP contribution in [0.3, 0.4) is 0 Å². The predicted molar refractivity (Wildman–Crippen MR) is 99.4 cm³/mol. The highest BCUT2D eigenvalue weighted by molar-refractivity contribution is 5.57. The van der Waals surface area contributed by atoms with Crippen molar-refractivity contribution in [3.63, 3.8) is 0 Å². The molecule has 0 unspecified atom stereocenters. The maximum Gasteiger partial charge on any atom is 0.248 e. The van der Waals surface area contributed by atoms with Crippen LogP contribution in [0.4, 0.5) is 0 Å². The maximum absolute atomic E-state index is 5.75. The van der Waals surface area contributed by atoms with E-state index in [-0.39, 0.29) is 0 Å². The number of methoxy groups -OCH3 is 2. The summed E-state index contributed by atoms with van der Waals surface area (Å²) in [6, 6.07) is 13.9. The van der Waals surface area contributed by atoms with Crippen molar-refractivity contribution >= 4 is 0 Å². The molecule has 3 rings (SSSR count). The Morgan fingerprint density at radius 1 is 1.00 bits per heavy atom. The van der Waals surface area contributed by atoms with Crippen molar-refractivity contribution in [2.45, 2.75) is 19.9 Å². The number of hydrogen-bond acceptors (Lipinski definition) is 6. The molecule has 6 heteroatoms. The van der Waals surface area contributed by atoms with Crippen LogP contribution < -0.4 is 14.8 Å². The summed E-state index contributed by atoms with van der Waals surface area (Å²) in [7, 11) is 3.27. The van der Waals surface area contributed by atoms with Crippen molar-refractivity contribution in [2.24, 2.45) is 0 Å². The lowest BCUT2D eigenvalue weighted by Crippen LogP contribution is -2.16. The second-order valence-corrected chi connectivity index (χ2v) is 5.93. The van der Waals surface area contributed by atoms with Gasteiger partial charge in [-0.05, 0) is 49.2 Å². The predicted octanol–water partition coefficient (Wildman–Crippen LogP) is 3.39. The minimum absolute atomic E-state index is 0.534. The van der Waals surface area contributed by atoms with Crippen LogP contribution in [0.15, 0.2) is 46.9 Å². The van der Waals surface area contributed by atoms with Crippen LogP contribution in [0.2, 0.25) is 0 Å². The molecule has 0 saturated carbocycles. The van der Waals surface area contributed by atoms with E-state index in [2.05, 4.69) is 15.5 Å². The van der Waals surface area contributed by atoms with Crippen LogP contribution in [-0.2, 0) is 13.0 Å². The van der Waals surface area contributed by atoms with E-state index in [1.54, 1.807) is 14.2 Å². The van der Waals surface area contributed by atoms with Crippen LogP contribution in [0.25, 0.3) is 11.5 Å². The molecule has 26 heavy (non-hydrogen) atoms. The third-order valence-corrected chi connectivity index (χ3v) is 4.16. The summed E-state index contributed by atoms with van der Waals surface area (Å²) >= 11 is 0. The average molecular weight is 353 g/mol. The second kappa shape index (κ2) is 8.49. The zero-order valence-corrected chi connectivity index (χ0v) is 15.3. The van der Waals surface area contributed by atoms with E-state index in [0.717, 1.165) is 35.6 Å². The fourth-order valence-corrected chi connectivity index (χ4v) is 2.71. The molecule has 0 amide bonds. The Morgan fingerprint density at radius 3 is 2.58 bits per heavy atom. The Kier molecular flexibility index (Phi) is 5.86. The van der Waals surface area contributed by atoms with E-state index in [1.807, 2.05) is 49.4 Å². The van der Waals surface area contributed by atoms with E-state index in [9.17, 15) is 0 Å². The molecule has 0 aliphatic rings. The largest absolute Gasteiger partial charge is 0.493 e. The summed E-state index contributed by atoms with van der Waals surface area (Å²) in [5.74, 6) is 2.61. The molecule has 1 heterocycles. The van der Waals surface area contributed by atoms with Crippen LogP contribution in [-0.4, -0.2) is 31.0 Å². The van der Waals surface area contributed by atoms with Crippen molar-refractivity contribution in [1.29, 1.82) is 0 Å². The summed E-state index contributed by atoms with van der Waals surface area (Å²) in [4.78, 5) is 0. The smallest absolute Gasteiger partial charge is 0.248 e. The first-order chi connectivity index (χ1) is 12.7. The Labute approximate surface area is 153 Å². The summed E-state index contributed by atoms with van der Waals surface area (Å²) in [5.41, 5.74) is 3.25. The zero-order valence-electron chi connectivity index (χ0n) is 15.3. The van der Waals surface area contributed by atoms with Gasteiger partial charge in [-0.15, -0.1) is 10.2 Å². The molecule has 2 aromatic carbocycles. The maximum atomic E-state index is 5.75. The Hall–Kier alpha value is -2.86. The molecule has 136 valence electrons. The van der Waals surface area contributed by atoms with E-state index in [4.69, 9.17) is 13.9 Å². The van der Waals surface area contributed by atoms with Crippen LogP contribution in [0.5, 0.6) is 11.5 Å². The first-order valence-corrected chi connectivity index (χ1v) is 8.51. The van der Waals surface area contributed by atoms with Gasteiger partial charge in [-0.3, -0.25) is 0 Å². The van der Waals surface area contributed by atoms with E-state index in [1.165, 1.54) is 5.56 Å². The molecule has 3 aromatic rings. The Morgan fingerprint density at radius 2 is 1.81 bits per heavy atom. The van der Waals surface area contributed by atoms with Crippen molar-refractivity contribution < 1.29 is 13.9 Å². The van der Waals surface area contributed by atoms with Crippen molar-refractivity contribution in [3.8, 4) is 23.0 Å². The molecular formula is C20H23N3O3. The van der Waals surface area contributed by atoms with Gasteiger partial charge in [0.15, 0.2) is 11.5 Å². The quantitative estimate of drug-likeness (QED) is 0.626. The highest BCUT2D eigenvalue weighted by Gasteiger charge is 2.10. The SMILES string of the molecule is COc1ccc(CCNCc2nnc(-c3ccccc3C)o2)cc1OC. The van der Waals surface area contributed by atoms with Gasteiger partial charge in [-0.2, -0.15) is 0 Å². The first-order valence-electron chi connectivity index (χ1n) is 8.51. The monoisotopic (exact) mass is 353 g/mol. The van der Waals surface area contributed by atoms with Gasteiger partial charge in [-0.1, -0.05) is 24.3 Å². The molecule has 0 saturated heterocycles. The second-order valence-electron chi connectivity index (χ2n) is 5.93. The number of aryl methyl sites for hydroxylation is 1. The minimum Gasteiger partial charge on any atom is -0.493 e. The summed E-state index contributed by atoms with van der Waals surface area (Å²) in [5, 5.41) is 11.6. The van der Waals surface area contributed by atoms with Gasteiger partial charge >= 0.3 is 0 Å². The van der Waals surface area contributed by atoms with Crippen LogP contribution >= 0.6 is 0 Å². The van der Waals surface area contributed by atoms with E-state index in [0.29, 0.717) is 18.3 Å². The average Bonchev–Trinajstić information content (AvgIpc) is 3.14. The third-order valence-electron chi connectivity index (χ3n) is 4.16. The molecule has 1 aromatic heterocycles. The van der Waals surface area contributed by atoms with Crippen molar-refractivity contribution in [2.75, 3.05) is 20.8 Å². The standard InChI is InChI=1S/C20H23N3O3/c1-14-6-4-5-7-16(14)20-23-22-19(26-20)13-21-11-10-15-8-9-17(24-2)18(12-15)25-3/h4-9,12,21H,10-11,13H2,1-3H3. The number of benzene rings is 2. The third kappa shape index (κ3) is 4.21.